The second kappa shape index (κ2) is 9.07. The minimum atomic E-state index is -1.10. The van der Waals surface area contributed by atoms with E-state index in [4.69, 9.17) is 14.6 Å². The molecular formula is C20H16N2O6S. The van der Waals surface area contributed by atoms with Gasteiger partial charge < -0.3 is 19.9 Å². The SMILES string of the molecule is COC(=O)c1ccccc1N=C1NC(=O)/C(=C\c2ccccc2OCC(=O)O)S1. The lowest BCUT2D eigenvalue weighted by Gasteiger charge is -2.06. The summed E-state index contributed by atoms with van der Waals surface area (Å²) in [4.78, 5) is 39.6. The van der Waals surface area contributed by atoms with Gasteiger partial charge in [-0.25, -0.2) is 14.6 Å². The van der Waals surface area contributed by atoms with Crippen LogP contribution in [0.25, 0.3) is 6.08 Å². The summed E-state index contributed by atoms with van der Waals surface area (Å²) in [5.74, 6) is -1.65. The number of nitrogens with zero attached hydrogens (tertiary/aromatic N) is 1. The molecule has 0 atom stereocenters. The fourth-order valence-corrected chi connectivity index (χ4v) is 3.28. The van der Waals surface area contributed by atoms with Gasteiger partial charge >= 0.3 is 11.9 Å². The van der Waals surface area contributed by atoms with E-state index in [2.05, 4.69) is 10.3 Å². The number of carbonyl (C=O) groups excluding carboxylic acids is 2. The van der Waals surface area contributed by atoms with Crippen LogP contribution in [0.2, 0.25) is 0 Å². The number of nitrogens with one attached hydrogen (secondary N) is 1. The van der Waals surface area contributed by atoms with Gasteiger partial charge in [0.05, 0.1) is 23.3 Å². The number of methoxy groups -OCH3 is 1. The summed E-state index contributed by atoms with van der Waals surface area (Å²) in [6, 6.07) is 13.4. The molecule has 0 radical (unpaired) electrons. The first kappa shape index (κ1) is 20.2. The van der Waals surface area contributed by atoms with Gasteiger partial charge in [0, 0.05) is 5.56 Å². The number of thioether (sulfide) groups is 1. The number of rotatable bonds is 6. The third-order valence-electron chi connectivity index (χ3n) is 3.74. The van der Waals surface area contributed by atoms with Gasteiger partial charge in [0.15, 0.2) is 11.8 Å². The summed E-state index contributed by atoms with van der Waals surface area (Å²) >= 11 is 1.10. The standard InChI is InChI=1S/C20H16N2O6S/c1-27-19(26)13-7-3-4-8-14(13)21-20-22-18(25)16(29-20)10-12-6-2-5-9-15(12)28-11-17(23)24/h2-10H,11H2,1H3,(H,23,24)(H,21,22,25)/b16-10+. The monoisotopic (exact) mass is 412 g/mol. The van der Waals surface area contributed by atoms with Crippen LogP contribution < -0.4 is 10.1 Å². The number of benzene rings is 2. The van der Waals surface area contributed by atoms with Gasteiger partial charge in [0.1, 0.15) is 5.75 Å². The van der Waals surface area contributed by atoms with E-state index in [1.807, 2.05) is 0 Å². The van der Waals surface area contributed by atoms with E-state index in [9.17, 15) is 14.4 Å². The van der Waals surface area contributed by atoms with E-state index in [0.29, 0.717) is 27.1 Å². The van der Waals surface area contributed by atoms with Crippen molar-refractivity contribution < 1.29 is 29.0 Å². The third kappa shape index (κ3) is 5.02. The summed E-state index contributed by atoms with van der Waals surface area (Å²) in [5.41, 5.74) is 1.21. The van der Waals surface area contributed by atoms with E-state index in [1.54, 1.807) is 54.6 Å². The van der Waals surface area contributed by atoms with E-state index >= 15 is 0 Å². The number of amides is 1. The van der Waals surface area contributed by atoms with Crippen LogP contribution in [0.1, 0.15) is 15.9 Å². The summed E-state index contributed by atoms with van der Waals surface area (Å²) in [6.07, 6.45) is 1.59. The number of para-hydroxylation sites is 2. The van der Waals surface area contributed by atoms with Crippen LogP contribution in [0.4, 0.5) is 5.69 Å². The van der Waals surface area contributed by atoms with Crippen molar-refractivity contribution >= 4 is 46.5 Å². The predicted octanol–water partition coefficient (Wildman–Crippen LogP) is 2.83. The molecule has 148 valence electrons. The number of amidine groups is 1. The molecule has 0 aromatic heterocycles. The van der Waals surface area contributed by atoms with Crippen LogP contribution in [0.15, 0.2) is 58.4 Å². The number of carboxylic acid groups (broad SMARTS) is 1. The zero-order valence-corrected chi connectivity index (χ0v) is 16.1. The Morgan fingerprint density at radius 3 is 2.66 bits per heavy atom. The number of carboxylic acids is 1. The number of esters is 1. The Labute approximate surface area is 170 Å². The highest BCUT2D eigenvalue weighted by Crippen LogP contribution is 2.31. The highest BCUT2D eigenvalue weighted by Gasteiger charge is 2.25. The van der Waals surface area contributed by atoms with Crippen LogP contribution in [-0.2, 0) is 14.3 Å². The van der Waals surface area contributed by atoms with Crippen molar-refractivity contribution in [2.75, 3.05) is 13.7 Å². The van der Waals surface area contributed by atoms with Gasteiger partial charge in [-0.3, -0.25) is 4.79 Å². The zero-order chi connectivity index (χ0) is 20.8. The number of carbonyl (C=O) groups is 3. The van der Waals surface area contributed by atoms with Crippen molar-refractivity contribution in [2.45, 2.75) is 0 Å². The van der Waals surface area contributed by atoms with Gasteiger partial charge in [0.2, 0.25) is 0 Å². The van der Waals surface area contributed by atoms with E-state index in [1.165, 1.54) is 7.11 Å². The molecule has 8 nitrogen and oxygen atoms in total. The minimum absolute atomic E-state index is 0.280. The summed E-state index contributed by atoms with van der Waals surface area (Å²) in [5, 5.41) is 11.7. The lowest BCUT2D eigenvalue weighted by atomic mass is 10.2. The number of ether oxygens (including phenoxy) is 2. The first-order chi connectivity index (χ1) is 14.0. The molecule has 2 aromatic rings. The minimum Gasteiger partial charge on any atom is -0.481 e. The number of aliphatic imine (C=N–C) groups is 1. The Balaban J connectivity index is 1.86. The lowest BCUT2D eigenvalue weighted by Crippen LogP contribution is -2.19. The normalized spacial score (nSPS) is 16.0. The fraction of sp³-hybridized carbons (Fsp3) is 0.100. The molecule has 0 aliphatic carbocycles. The highest BCUT2D eigenvalue weighted by molar-refractivity contribution is 8.18. The number of aliphatic carboxylic acids is 1. The summed E-state index contributed by atoms with van der Waals surface area (Å²) in [7, 11) is 1.28. The molecule has 0 saturated carbocycles. The second-order valence-electron chi connectivity index (χ2n) is 5.71. The smallest absolute Gasteiger partial charge is 0.341 e. The Hall–Kier alpha value is -3.59. The quantitative estimate of drug-likeness (QED) is 0.554. The largest absolute Gasteiger partial charge is 0.481 e. The van der Waals surface area contributed by atoms with E-state index < -0.39 is 18.5 Å². The van der Waals surface area contributed by atoms with Gasteiger partial charge in [-0.15, -0.1) is 0 Å². The molecule has 3 rings (SSSR count). The summed E-state index contributed by atoms with van der Waals surface area (Å²) in [6.45, 7) is -0.490. The average molecular weight is 412 g/mol. The van der Waals surface area contributed by atoms with Gasteiger partial charge in [0.25, 0.3) is 5.91 Å². The molecular weight excluding hydrogens is 396 g/mol. The van der Waals surface area contributed by atoms with Crippen molar-refractivity contribution in [3.8, 4) is 5.75 Å². The molecule has 9 heteroatoms. The fourth-order valence-electron chi connectivity index (χ4n) is 2.46. The van der Waals surface area contributed by atoms with Crippen LogP contribution in [0, 0.1) is 0 Å². The maximum Gasteiger partial charge on any atom is 0.341 e. The third-order valence-corrected chi connectivity index (χ3v) is 4.65. The van der Waals surface area contributed by atoms with Crippen LogP contribution in [0.3, 0.4) is 0 Å². The van der Waals surface area contributed by atoms with Gasteiger partial charge in [-0.05, 0) is 36.0 Å². The number of hydrogen-bond donors (Lipinski definition) is 2. The van der Waals surface area contributed by atoms with Gasteiger partial charge in [-0.2, -0.15) is 0 Å². The van der Waals surface area contributed by atoms with E-state index in [-0.39, 0.29) is 11.5 Å². The van der Waals surface area contributed by atoms with Crippen molar-refractivity contribution in [3.05, 3.63) is 64.6 Å². The van der Waals surface area contributed by atoms with Crippen molar-refractivity contribution in [3.63, 3.8) is 0 Å². The molecule has 29 heavy (non-hydrogen) atoms. The molecule has 2 N–H and O–H groups in total. The Morgan fingerprint density at radius 2 is 1.90 bits per heavy atom. The topological polar surface area (TPSA) is 114 Å². The first-order valence-electron chi connectivity index (χ1n) is 8.38. The molecule has 1 saturated heterocycles. The summed E-state index contributed by atoms with van der Waals surface area (Å²) < 4.78 is 10.0. The Kier molecular flexibility index (Phi) is 6.30. The Morgan fingerprint density at radius 1 is 1.17 bits per heavy atom. The zero-order valence-electron chi connectivity index (χ0n) is 15.2. The first-order valence-corrected chi connectivity index (χ1v) is 9.20. The maximum atomic E-state index is 12.3. The van der Waals surface area contributed by atoms with Crippen LogP contribution >= 0.6 is 11.8 Å². The van der Waals surface area contributed by atoms with E-state index in [0.717, 1.165) is 11.8 Å². The van der Waals surface area contributed by atoms with Crippen molar-refractivity contribution in [1.82, 2.24) is 5.32 Å². The molecule has 1 amide bonds. The highest BCUT2D eigenvalue weighted by atomic mass is 32.2. The molecule has 0 bridgehead atoms. The molecule has 0 unspecified atom stereocenters. The van der Waals surface area contributed by atoms with Gasteiger partial charge in [-0.1, -0.05) is 30.3 Å². The second-order valence-corrected chi connectivity index (χ2v) is 6.74. The molecule has 1 fully saturated rings. The van der Waals surface area contributed by atoms with Crippen molar-refractivity contribution in [1.29, 1.82) is 0 Å². The molecule has 1 aliphatic heterocycles. The van der Waals surface area contributed by atoms with Crippen LogP contribution in [0.5, 0.6) is 5.75 Å². The van der Waals surface area contributed by atoms with Crippen molar-refractivity contribution in [2.24, 2.45) is 4.99 Å². The number of hydrogen-bond acceptors (Lipinski definition) is 7. The molecule has 1 heterocycles. The molecule has 2 aromatic carbocycles. The van der Waals surface area contributed by atoms with Crippen LogP contribution in [-0.4, -0.2) is 41.8 Å². The maximum absolute atomic E-state index is 12.3. The Bertz CT molecular complexity index is 1030. The lowest BCUT2D eigenvalue weighted by molar-refractivity contribution is -0.139. The molecule has 0 spiro atoms. The average Bonchev–Trinajstić information content (AvgIpc) is 3.05. The molecule has 1 aliphatic rings. The predicted molar refractivity (Wildman–Crippen MR) is 108 cm³/mol.